The quantitative estimate of drug-likeness (QED) is 0.279. The lowest BCUT2D eigenvalue weighted by molar-refractivity contribution is -0.137. The first-order chi connectivity index (χ1) is 13.0. The molecule has 3 N–H and O–H groups in total. The molecule has 1 heterocycles. The topological polar surface area (TPSA) is 107 Å². The second-order valence-corrected chi connectivity index (χ2v) is 7.50. The van der Waals surface area contributed by atoms with Gasteiger partial charge >= 0.3 is 12.0 Å². The number of urea groups is 1. The molecule has 0 aliphatic carbocycles. The van der Waals surface area contributed by atoms with Crippen molar-refractivity contribution >= 4 is 17.9 Å². The normalized spacial score (nSPS) is 18.0. The Morgan fingerprint density at radius 3 is 2.37 bits per heavy atom. The third kappa shape index (κ3) is 9.75. The molecule has 1 aliphatic heterocycles. The first kappa shape index (κ1) is 23.4. The predicted molar refractivity (Wildman–Crippen MR) is 103 cm³/mol. The molecule has 0 aromatic heterocycles. The smallest absolute Gasteiger partial charge is 0.324 e. The highest BCUT2D eigenvalue weighted by Crippen LogP contribution is 2.18. The first-order valence-corrected chi connectivity index (χ1v) is 10.5. The maximum atomic E-state index is 12.0. The van der Waals surface area contributed by atoms with Crippen molar-refractivity contribution in [3.05, 3.63) is 0 Å². The number of hydrogen-bond acceptors (Lipinski definition) is 4. The highest BCUT2D eigenvalue weighted by Gasteiger charge is 2.37. The number of carbonyl (C=O) groups excluding carboxylic acids is 2. The zero-order chi connectivity index (χ0) is 20.1. The van der Waals surface area contributed by atoms with Gasteiger partial charge in [-0.3, -0.25) is 14.9 Å². The average molecular weight is 385 g/mol. The van der Waals surface area contributed by atoms with Gasteiger partial charge in [0.1, 0.15) is 6.04 Å². The molecule has 1 saturated heterocycles. The number of amides is 3. The van der Waals surface area contributed by atoms with Gasteiger partial charge in [0.25, 0.3) is 5.91 Å². The molecular formula is C20H36N2O5. The number of rotatable bonds is 16. The van der Waals surface area contributed by atoms with Crippen molar-refractivity contribution in [2.75, 3.05) is 6.54 Å². The van der Waals surface area contributed by atoms with Crippen LogP contribution in [0, 0.1) is 0 Å². The number of aliphatic hydroxyl groups excluding tert-OH is 1. The van der Waals surface area contributed by atoms with E-state index in [4.69, 9.17) is 5.11 Å². The Balaban J connectivity index is 2.23. The summed E-state index contributed by atoms with van der Waals surface area (Å²) in [6, 6.07) is -0.771. The number of carbonyl (C=O) groups is 3. The van der Waals surface area contributed by atoms with Crippen LogP contribution >= 0.6 is 0 Å². The molecule has 1 fully saturated rings. The van der Waals surface area contributed by atoms with E-state index in [2.05, 4.69) is 12.2 Å². The summed E-state index contributed by atoms with van der Waals surface area (Å²) in [5.41, 5.74) is 0. The van der Waals surface area contributed by atoms with Crippen LogP contribution in [-0.2, 0) is 9.59 Å². The summed E-state index contributed by atoms with van der Waals surface area (Å²) in [6.45, 7) is 2.53. The van der Waals surface area contributed by atoms with E-state index in [-0.39, 0.29) is 18.4 Å². The number of unbranched alkanes of at least 4 members (excludes halogenated alkanes) is 7. The lowest BCUT2D eigenvalue weighted by atomic mass is 10.0. The number of aliphatic carboxylic acids is 1. The van der Waals surface area contributed by atoms with Crippen LogP contribution in [0.25, 0.3) is 0 Å². The molecule has 0 bridgehead atoms. The van der Waals surface area contributed by atoms with E-state index >= 15 is 0 Å². The second-order valence-electron chi connectivity index (χ2n) is 7.50. The van der Waals surface area contributed by atoms with Crippen LogP contribution in [0.4, 0.5) is 4.79 Å². The van der Waals surface area contributed by atoms with Crippen LogP contribution in [0.15, 0.2) is 0 Å². The van der Waals surface area contributed by atoms with Gasteiger partial charge in [-0.1, -0.05) is 58.3 Å². The van der Waals surface area contributed by atoms with Gasteiger partial charge in [-0.25, -0.2) is 4.79 Å². The first-order valence-electron chi connectivity index (χ1n) is 10.5. The SMILES string of the molecule is CCCCCC(O)CCN1C(=O)NC(=O)C1CCCCCCCCC(=O)O. The largest absolute Gasteiger partial charge is 0.481 e. The molecule has 2 unspecified atom stereocenters. The minimum atomic E-state index is -0.748. The maximum Gasteiger partial charge on any atom is 0.324 e. The number of nitrogens with one attached hydrogen (secondary N) is 1. The third-order valence-electron chi connectivity index (χ3n) is 5.13. The zero-order valence-corrected chi connectivity index (χ0v) is 16.6. The summed E-state index contributed by atoms with van der Waals surface area (Å²) in [7, 11) is 0. The summed E-state index contributed by atoms with van der Waals surface area (Å²) in [6.07, 6.45) is 10.3. The number of aliphatic hydroxyl groups is 1. The van der Waals surface area contributed by atoms with Crippen LogP contribution in [0.5, 0.6) is 0 Å². The van der Waals surface area contributed by atoms with Crippen molar-refractivity contribution in [2.45, 2.75) is 103 Å². The van der Waals surface area contributed by atoms with Crippen LogP contribution in [0.2, 0.25) is 0 Å². The Kier molecular flexibility index (Phi) is 11.7. The highest BCUT2D eigenvalue weighted by atomic mass is 16.4. The van der Waals surface area contributed by atoms with Gasteiger partial charge in [-0.15, -0.1) is 0 Å². The van der Waals surface area contributed by atoms with E-state index in [9.17, 15) is 19.5 Å². The number of imide groups is 1. The lowest BCUT2D eigenvalue weighted by Crippen LogP contribution is -2.37. The molecule has 0 spiro atoms. The molecule has 7 nitrogen and oxygen atoms in total. The van der Waals surface area contributed by atoms with Gasteiger partial charge in [0.15, 0.2) is 0 Å². The van der Waals surface area contributed by atoms with E-state index < -0.39 is 18.1 Å². The fraction of sp³-hybridized carbons (Fsp3) is 0.850. The van der Waals surface area contributed by atoms with Gasteiger partial charge in [0.2, 0.25) is 0 Å². The fourth-order valence-electron chi connectivity index (χ4n) is 3.47. The fourth-order valence-corrected chi connectivity index (χ4v) is 3.47. The number of nitrogens with zero attached hydrogens (tertiary/aromatic N) is 1. The van der Waals surface area contributed by atoms with Gasteiger partial charge < -0.3 is 15.1 Å². The molecule has 0 aromatic rings. The van der Waals surface area contributed by atoms with Crippen molar-refractivity contribution in [1.82, 2.24) is 10.2 Å². The summed E-state index contributed by atoms with van der Waals surface area (Å²) < 4.78 is 0. The Morgan fingerprint density at radius 2 is 1.70 bits per heavy atom. The van der Waals surface area contributed by atoms with E-state index in [1.165, 1.54) is 0 Å². The van der Waals surface area contributed by atoms with E-state index in [1.54, 1.807) is 4.90 Å². The molecule has 7 heteroatoms. The monoisotopic (exact) mass is 384 g/mol. The van der Waals surface area contributed by atoms with Gasteiger partial charge in [0, 0.05) is 13.0 Å². The summed E-state index contributed by atoms with van der Waals surface area (Å²) >= 11 is 0. The molecule has 0 saturated carbocycles. The lowest BCUT2D eigenvalue weighted by Gasteiger charge is -2.23. The van der Waals surface area contributed by atoms with Crippen molar-refractivity contribution in [3.8, 4) is 0 Å². The zero-order valence-electron chi connectivity index (χ0n) is 16.6. The van der Waals surface area contributed by atoms with Crippen LogP contribution in [0.1, 0.15) is 90.4 Å². The molecular weight excluding hydrogens is 348 g/mol. The Labute approximate surface area is 162 Å². The molecule has 1 rings (SSSR count). The van der Waals surface area contributed by atoms with E-state index in [0.717, 1.165) is 57.8 Å². The average Bonchev–Trinajstić information content (AvgIpc) is 2.88. The third-order valence-corrected chi connectivity index (χ3v) is 5.13. The van der Waals surface area contributed by atoms with Gasteiger partial charge in [0.05, 0.1) is 6.10 Å². The van der Waals surface area contributed by atoms with Gasteiger partial charge in [-0.2, -0.15) is 0 Å². The van der Waals surface area contributed by atoms with Crippen molar-refractivity contribution in [2.24, 2.45) is 0 Å². The Bertz CT molecular complexity index is 469. The van der Waals surface area contributed by atoms with Gasteiger partial charge in [-0.05, 0) is 25.7 Å². The van der Waals surface area contributed by atoms with E-state index in [0.29, 0.717) is 25.8 Å². The van der Waals surface area contributed by atoms with Crippen LogP contribution < -0.4 is 5.32 Å². The minimum absolute atomic E-state index is 0.226. The maximum absolute atomic E-state index is 12.0. The molecule has 156 valence electrons. The molecule has 0 aromatic carbocycles. The van der Waals surface area contributed by atoms with E-state index in [1.807, 2.05) is 0 Å². The summed E-state index contributed by atoms with van der Waals surface area (Å²) in [5.74, 6) is -0.982. The minimum Gasteiger partial charge on any atom is -0.481 e. The molecule has 3 amide bonds. The van der Waals surface area contributed by atoms with Crippen molar-refractivity contribution in [3.63, 3.8) is 0 Å². The molecule has 27 heavy (non-hydrogen) atoms. The number of carboxylic acids is 1. The number of carboxylic acid groups (broad SMARTS) is 1. The molecule has 1 aliphatic rings. The van der Waals surface area contributed by atoms with Crippen molar-refractivity contribution < 1.29 is 24.6 Å². The summed E-state index contributed by atoms with van der Waals surface area (Å²) in [5, 5.41) is 21.0. The second kappa shape index (κ2) is 13.5. The van der Waals surface area contributed by atoms with Crippen molar-refractivity contribution in [1.29, 1.82) is 0 Å². The standard InChI is InChI=1S/C20H36N2O5/c1-2-3-8-11-16(23)14-15-22-17(19(26)21-20(22)27)12-9-6-4-5-7-10-13-18(24)25/h16-17,23H,2-15H2,1H3,(H,24,25)(H,21,26,27). The van der Waals surface area contributed by atoms with Crippen LogP contribution in [0.3, 0.4) is 0 Å². The summed E-state index contributed by atoms with van der Waals surface area (Å²) in [4.78, 5) is 36.0. The Morgan fingerprint density at radius 1 is 1.04 bits per heavy atom. The molecule has 2 atom stereocenters. The number of hydrogen-bond donors (Lipinski definition) is 3. The highest BCUT2D eigenvalue weighted by molar-refractivity contribution is 6.04. The van der Waals surface area contributed by atoms with Crippen LogP contribution in [-0.4, -0.2) is 51.7 Å². The predicted octanol–water partition coefficient (Wildman–Crippen LogP) is 3.44. The molecule has 0 radical (unpaired) electrons. The Hall–Kier alpha value is -1.63.